The van der Waals surface area contributed by atoms with Crippen molar-refractivity contribution in [3.8, 4) is 11.4 Å². The molecule has 0 radical (unpaired) electrons. The average Bonchev–Trinajstić information content (AvgIpc) is 3.74. The fourth-order valence-electron chi connectivity index (χ4n) is 6.36. The number of aromatic nitrogens is 8. The summed E-state index contributed by atoms with van der Waals surface area (Å²) in [4.78, 5) is 19.0. The minimum Gasteiger partial charge on any atom is -0.359 e. The van der Waals surface area contributed by atoms with E-state index in [4.69, 9.17) is 5.73 Å². The molecule has 2 aromatic carbocycles. The van der Waals surface area contributed by atoms with Crippen molar-refractivity contribution in [2.75, 3.05) is 0 Å². The Bertz CT molecular complexity index is 1890. The van der Waals surface area contributed by atoms with E-state index < -0.39 is 6.04 Å². The zero-order valence-electron chi connectivity index (χ0n) is 22.7. The number of aromatic amines is 2. The van der Waals surface area contributed by atoms with Crippen molar-refractivity contribution in [1.82, 2.24) is 40.0 Å². The first-order valence-corrected chi connectivity index (χ1v) is 13.7. The molecule has 7 rings (SSSR count). The van der Waals surface area contributed by atoms with Crippen LogP contribution in [0.1, 0.15) is 72.4 Å². The van der Waals surface area contributed by atoms with Crippen LogP contribution in [0, 0.1) is 13.8 Å². The average molecular weight is 534 g/mol. The zero-order chi connectivity index (χ0) is 27.5. The van der Waals surface area contributed by atoms with Gasteiger partial charge in [-0.25, -0.2) is 9.36 Å². The van der Waals surface area contributed by atoms with Crippen LogP contribution < -0.4 is 5.73 Å². The third-order valence-electron chi connectivity index (χ3n) is 8.31. The van der Waals surface area contributed by atoms with Gasteiger partial charge in [0.15, 0.2) is 5.78 Å². The van der Waals surface area contributed by atoms with E-state index in [1.165, 1.54) is 17.9 Å². The van der Waals surface area contributed by atoms with Gasteiger partial charge in [0.2, 0.25) is 0 Å². The number of hydrogen-bond donors (Lipinski definition) is 3. The van der Waals surface area contributed by atoms with E-state index in [0.29, 0.717) is 17.5 Å². The first-order chi connectivity index (χ1) is 19.4. The Morgan fingerprint density at radius 2 is 1.62 bits per heavy atom. The number of carbonyl (C=O) groups is 1. The number of Topliss-reactive ketones (excluding diaryl/α,β-unsaturated/α-hetero) is 1. The van der Waals surface area contributed by atoms with E-state index in [9.17, 15) is 4.79 Å². The van der Waals surface area contributed by atoms with Crippen molar-refractivity contribution in [2.24, 2.45) is 5.73 Å². The van der Waals surface area contributed by atoms with Crippen LogP contribution in [-0.2, 0) is 4.79 Å². The molecule has 202 valence electrons. The SMILES string of the molecule is CC(=O)C(N)c1cnnn1-c1cc(C2CCC(c3cnnn3-c3ccc4[nH]c(C)cc4c3)C2)c2[nH]c(C)cc2c1. The number of rotatable bonds is 6. The molecule has 3 unspecified atom stereocenters. The smallest absolute Gasteiger partial charge is 0.152 e. The monoisotopic (exact) mass is 533 g/mol. The zero-order valence-corrected chi connectivity index (χ0v) is 22.7. The highest BCUT2D eigenvalue weighted by Gasteiger charge is 2.32. The molecule has 3 atom stereocenters. The maximum Gasteiger partial charge on any atom is 0.152 e. The molecule has 10 nitrogen and oxygen atoms in total. The molecule has 1 aliphatic rings. The van der Waals surface area contributed by atoms with E-state index in [1.54, 1.807) is 10.9 Å². The van der Waals surface area contributed by atoms with Gasteiger partial charge >= 0.3 is 0 Å². The molecule has 1 fully saturated rings. The number of nitrogens with zero attached hydrogens (tertiary/aromatic N) is 6. The van der Waals surface area contributed by atoms with Crippen LogP contribution in [0.3, 0.4) is 0 Å². The third-order valence-corrected chi connectivity index (χ3v) is 8.31. The van der Waals surface area contributed by atoms with E-state index in [0.717, 1.165) is 64.1 Å². The number of hydrogen-bond acceptors (Lipinski definition) is 6. The molecule has 0 spiro atoms. The molecule has 0 aliphatic heterocycles. The number of ketones is 1. The van der Waals surface area contributed by atoms with E-state index >= 15 is 0 Å². The van der Waals surface area contributed by atoms with Crippen LogP contribution in [-0.4, -0.2) is 45.7 Å². The number of H-pyrrole nitrogens is 2. The Morgan fingerprint density at radius 3 is 2.48 bits per heavy atom. The number of carbonyl (C=O) groups excluding carboxylic acids is 1. The quantitative estimate of drug-likeness (QED) is 0.274. The van der Waals surface area contributed by atoms with Gasteiger partial charge in [-0.15, -0.1) is 10.2 Å². The molecule has 0 saturated heterocycles. The summed E-state index contributed by atoms with van der Waals surface area (Å²) in [7, 11) is 0. The van der Waals surface area contributed by atoms with Gasteiger partial charge in [-0.3, -0.25) is 4.79 Å². The minimum absolute atomic E-state index is 0.128. The summed E-state index contributed by atoms with van der Waals surface area (Å²) in [5, 5.41) is 19.4. The topological polar surface area (TPSA) is 136 Å². The van der Waals surface area contributed by atoms with Crippen molar-refractivity contribution in [3.63, 3.8) is 0 Å². The second-order valence-corrected chi connectivity index (χ2v) is 11.1. The van der Waals surface area contributed by atoms with E-state index in [-0.39, 0.29) is 5.78 Å². The summed E-state index contributed by atoms with van der Waals surface area (Å²) in [5.74, 6) is 0.528. The Hall–Kier alpha value is -4.57. The normalized spacial score (nSPS) is 18.2. The number of benzene rings is 2. The summed E-state index contributed by atoms with van der Waals surface area (Å²) in [6.45, 7) is 5.63. The van der Waals surface area contributed by atoms with Crippen molar-refractivity contribution >= 4 is 27.6 Å². The first-order valence-electron chi connectivity index (χ1n) is 13.7. The largest absolute Gasteiger partial charge is 0.359 e. The minimum atomic E-state index is -0.778. The summed E-state index contributed by atoms with van der Waals surface area (Å²) in [6, 6.07) is 14.1. The number of aryl methyl sites for hydroxylation is 2. The molecule has 0 amide bonds. The second-order valence-electron chi connectivity index (χ2n) is 11.1. The highest BCUT2D eigenvalue weighted by Crippen LogP contribution is 2.46. The maximum absolute atomic E-state index is 12.0. The molecule has 40 heavy (non-hydrogen) atoms. The van der Waals surface area contributed by atoms with Crippen molar-refractivity contribution in [3.05, 3.63) is 83.2 Å². The molecular formula is C30H31N9O. The molecule has 1 saturated carbocycles. The van der Waals surface area contributed by atoms with E-state index in [2.05, 4.69) is 86.9 Å². The van der Waals surface area contributed by atoms with Crippen LogP contribution in [0.5, 0.6) is 0 Å². The summed E-state index contributed by atoms with van der Waals surface area (Å²) >= 11 is 0. The number of fused-ring (bicyclic) bond motifs is 2. The van der Waals surface area contributed by atoms with E-state index in [1.807, 2.05) is 10.9 Å². The molecule has 1 aliphatic carbocycles. The molecule has 10 heteroatoms. The predicted octanol–water partition coefficient (Wildman–Crippen LogP) is 5.07. The van der Waals surface area contributed by atoms with Gasteiger partial charge < -0.3 is 15.7 Å². The molecule has 6 aromatic rings. The fraction of sp³-hybridized carbons (Fsp3) is 0.300. The molecule has 4 N–H and O–H groups in total. The highest BCUT2D eigenvalue weighted by atomic mass is 16.1. The highest BCUT2D eigenvalue weighted by molar-refractivity contribution is 5.87. The van der Waals surface area contributed by atoms with Crippen LogP contribution in [0.2, 0.25) is 0 Å². The van der Waals surface area contributed by atoms with Gasteiger partial charge in [-0.2, -0.15) is 0 Å². The second kappa shape index (κ2) is 9.27. The maximum atomic E-state index is 12.0. The number of nitrogens with two attached hydrogens (primary N) is 1. The first kappa shape index (κ1) is 24.5. The Labute approximate surface area is 230 Å². The van der Waals surface area contributed by atoms with Crippen molar-refractivity contribution in [1.29, 1.82) is 0 Å². The lowest BCUT2D eigenvalue weighted by Crippen LogP contribution is -2.22. The molecular weight excluding hydrogens is 502 g/mol. The Morgan fingerprint density at radius 1 is 0.900 bits per heavy atom. The van der Waals surface area contributed by atoms with Gasteiger partial charge in [-0.1, -0.05) is 10.4 Å². The predicted molar refractivity (Wildman–Crippen MR) is 153 cm³/mol. The van der Waals surface area contributed by atoms with Gasteiger partial charge in [0, 0.05) is 39.1 Å². The van der Waals surface area contributed by atoms with Crippen LogP contribution in [0.25, 0.3) is 33.2 Å². The Kier molecular flexibility index (Phi) is 5.67. The third kappa shape index (κ3) is 4.03. The van der Waals surface area contributed by atoms with Gasteiger partial charge in [0.25, 0.3) is 0 Å². The lowest BCUT2D eigenvalue weighted by atomic mass is 9.93. The lowest BCUT2D eigenvalue weighted by molar-refractivity contribution is -0.118. The van der Waals surface area contributed by atoms with Crippen molar-refractivity contribution < 1.29 is 4.79 Å². The van der Waals surface area contributed by atoms with Crippen LogP contribution >= 0.6 is 0 Å². The molecule has 0 bridgehead atoms. The van der Waals surface area contributed by atoms with Gasteiger partial charge in [-0.05, 0) is 94.0 Å². The molecule has 4 aromatic heterocycles. The van der Waals surface area contributed by atoms with Crippen molar-refractivity contribution in [2.45, 2.75) is 57.9 Å². The lowest BCUT2D eigenvalue weighted by Gasteiger charge is -2.17. The van der Waals surface area contributed by atoms with Crippen LogP contribution in [0.4, 0.5) is 0 Å². The van der Waals surface area contributed by atoms with Gasteiger partial charge in [0.1, 0.15) is 6.04 Å². The number of nitrogens with one attached hydrogen (secondary N) is 2. The summed E-state index contributed by atoms with van der Waals surface area (Å²) < 4.78 is 3.69. The summed E-state index contributed by atoms with van der Waals surface area (Å²) in [6.07, 6.45) is 6.55. The van der Waals surface area contributed by atoms with Gasteiger partial charge in [0.05, 0.1) is 35.2 Å². The molecule has 4 heterocycles. The summed E-state index contributed by atoms with van der Waals surface area (Å²) in [5.41, 5.74) is 15.5. The Balaban J connectivity index is 1.24. The van der Waals surface area contributed by atoms with Crippen LogP contribution in [0.15, 0.2) is 54.9 Å². The fourth-order valence-corrected chi connectivity index (χ4v) is 6.36. The standard InChI is InChI=1S/C30H31N9O/c1-16-8-21-11-23(6-7-26(21)34-16)38-27(14-32-36-38)20-5-4-19(10-20)25-13-24(12-22-9-17(2)35-30(22)25)39-28(15-33-37-39)29(31)18(3)40/h6-9,11-15,19-20,29,34-35H,4-5,10,31H2,1-3H3.